The zero-order chi connectivity index (χ0) is 4.12. The summed E-state index contributed by atoms with van der Waals surface area (Å²) in [7, 11) is 1.54. The molecule has 0 amide bonds. The molecule has 0 aliphatic heterocycles. The first-order valence-electron chi connectivity index (χ1n) is 1.12. The summed E-state index contributed by atoms with van der Waals surface area (Å²) in [6.07, 6.45) is 0. The Bertz CT molecular complexity index is 54.6. The van der Waals surface area contributed by atoms with Crippen molar-refractivity contribution in [1.82, 2.24) is 5.43 Å². The summed E-state index contributed by atoms with van der Waals surface area (Å²) in [5.74, 6) is 0. The van der Waals surface area contributed by atoms with E-state index in [0.717, 1.165) is 0 Å². The van der Waals surface area contributed by atoms with Crippen molar-refractivity contribution >= 4 is 11.0 Å². The predicted octanol–water partition coefficient (Wildman–Crippen LogP) is -1.02. The minimum absolute atomic E-state index is 0. The van der Waals surface area contributed by atoms with Gasteiger partial charge in [-0.2, -0.15) is 4.91 Å². The van der Waals surface area contributed by atoms with Crippen molar-refractivity contribution in [3.05, 3.63) is 10.4 Å². The molecule has 0 saturated heterocycles. The van der Waals surface area contributed by atoms with Crippen molar-refractivity contribution in [3.8, 4) is 0 Å². The van der Waals surface area contributed by atoms with Gasteiger partial charge in [-0.15, -0.1) is 5.53 Å². The molecule has 1 N–H and O–H groups in total. The zero-order valence-corrected chi connectivity index (χ0v) is 2.84. The Balaban J connectivity index is 0. The predicted molar refractivity (Wildman–Crippen MR) is 29.5 cm³/mol. The molecule has 4 nitrogen and oxygen atoms in total. The van der Waals surface area contributed by atoms with Gasteiger partial charge in [-0.1, -0.05) is 0 Å². The highest BCUT2D eigenvalue weighted by molar-refractivity contribution is 5.75. The normalized spacial score (nSPS) is 4.17. The molecule has 0 bridgehead atoms. The van der Waals surface area contributed by atoms with Crippen molar-refractivity contribution < 1.29 is 0 Å². The zero-order valence-electron chi connectivity index (χ0n) is 2.84. The second-order valence-electron chi connectivity index (χ2n) is 0.413. The second kappa shape index (κ2) is 8.85. The van der Waals surface area contributed by atoms with E-state index >= 15 is 0 Å². The highest BCUT2D eigenvalue weighted by Gasteiger charge is 1.43. The van der Waals surface area contributed by atoms with Crippen molar-refractivity contribution in [3.63, 3.8) is 0 Å². The van der Waals surface area contributed by atoms with Gasteiger partial charge in [-0.05, 0) is 16.2 Å². The Morgan fingerprint density at radius 1 is 1.83 bits per heavy atom. The van der Waals surface area contributed by atoms with Crippen molar-refractivity contribution in [1.29, 1.82) is 0 Å². The van der Waals surface area contributed by atoms with E-state index in [2.05, 4.69) is 15.6 Å². The molecule has 0 radical (unpaired) electrons. The van der Waals surface area contributed by atoms with Gasteiger partial charge in [0.25, 0.3) is 0 Å². The summed E-state index contributed by atoms with van der Waals surface area (Å²) in [5, 5.41) is 2.90. The molecule has 6 heavy (non-hydrogen) atoms. The SMILES string of the molecule is CNN=[N+]=[N-].[SiH4]. The Morgan fingerprint density at radius 2 is 2.33 bits per heavy atom. The first-order valence-corrected chi connectivity index (χ1v) is 1.12. The minimum Gasteiger partial charge on any atom is -0.264 e. The Morgan fingerprint density at radius 3 is 2.33 bits per heavy atom. The summed E-state index contributed by atoms with van der Waals surface area (Å²) in [6.45, 7) is 0. The Labute approximate surface area is 40.2 Å². The van der Waals surface area contributed by atoms with Crippen LogP contribution < -0.4 is 5.43 Å². The average molecular weight is 104 g/mol. The third kappa shape index (κ3) is 10.2. The molecular weight excluding hydrogens is 96.1 g/mol. The van der Waals surface area contributed by atoms with E-state index in [0.29, 0.717) is 0 Å². The average Bonchev–Trinajstić information content (AvgIpc) is 1.41. The summed E-state index contributed by atoms with van der Waals surface area (Å²) >= 11 is 0. The Kier molecular flexibility index (Phi) is 13.3. The van der Waals surface area contributed by atoms with E-state index in [1.165, 1.54) is 0 Å². The highest BCUT2D eigenvalue weighted by atomic mass is 28.1. The van der Waals surface area contributed by atoms with E-state index < -0.39 is 0 Å². The maximum Gasteiger partial charge on any atom is 0.0751 e. The molecule has 0 unspecified atom stereocenters. The molecule has 0 spiro atoms. The molecule has 36 valence electrons. The Hall–Kier alpha value is -0.673. The van der Waals surface area contributed by atoms with Gasteiger partial charge in [-0.3, -0.25) is 5.43 Å². The lowest BCUT2D eigenvalue weighted by molar-refractivity contribution is 0.884. The maximum absolute atomic E-state index is 7.46. The van der Waals surface area contributed by atoms with Crippen LogP contribution in [-0.2, 0) is 0 Å². The molecule has 0 aromatic heterocycles. The molecule has 0 rings (SSSR count). The fraction of sp³-hybridized carbons (Fsp3) is 1.00. The van der Waals surface area contributed by atoms with Gasteiger partial charge in [0.1, 0.15) is 0 Å². The van der Waals surface area contributed by atoms with Crippen LogP contribution in [0, 0.1) is 0 Å². The van der Waals surface area contributed by atoms with E-state index in [-0.39, 0.29) is 11.0 Å². The van der Waals surface area contributed by atoms with Crippen LogP contribution in [0.1, 0.15) is 0 Å². The molecule has 0 aromatic carbocycles. The minimum atomic E-state index is 0. The van der Waals surface area contributed by atoms with E-state index in [9.17, 15) is 0 Å². The maximum atomic E-state index is 7.46. The standard InChI is InChI=1S/CH4N4.H4Si/c1-3-5-4-2;/h3H,1H3;1H4. The summed E-state index contributed by atoms with van der Waals surface area (Å²) in [5.41, 5.74) is 9.69. The first kappa shape index (κ1) is 9.01. The fourth-order valence-corrected chi connectivity index (χ4v) is 0.0447. The lowest BCUT2D eigenvalue weighted by Crippen LogP contribution is -1.87. The van der Waals surface area contributed by atoms with Gasteiger partial charge in [0.2, 0.25) is 0 Å². The van der Waals surface area contributed by atoms with Crippen molar-refractivity contribution in [2.24, 2.45) is 5.22 Å². The van der Waals surface area contributed by atoms with Crippen LogP contribution in [-0.4, -0.2) is 18.0 Å². The molecule has 0 aromatic rings. The third-order valence-electron chi connectivity index (χ3n) is 0.145. The number of nitrogens with one attached hydrogen (secondary N) is 1. The van der Waals surface area contributed by atoms with Gasteiger partial charge in [0, 0.05) is 0 Å². The van der Waals surface area contributed by atoms with Crippen LogP contribution in [0.3, 0.4) is 0 Å². The molecular formula is CH8N4Si. The molecule has 0 saturated carbocycles. The summed E-state index contributed by atoms with van der Waals surface area (Å²) in [6, 6.07) is 0. The van der Waals surface area contributed by atoms with Crippen LogP contribution in [0.2, 0.25) is 0 Å². The number of rotatable bonds is 1. The van der Waals surface area contributed by atoms with Gasteiger partial charge in [0.15, 0.2) is 0 Å². The van der Waals surface area contributed by atoms with Gasteiger partial charge < -0.3 is 0 Å². The largest absolute Gasteiger partial charge is 0.264 e. The van der Waals surface area contributed by atoms with Crippen LogP contribution in [0.15, 0.2) is 5.22 Å². The van der Waals surface area contributed by atoms with Crippen molar-refractivity contribution in [2.75, 3.05) is 7.05 Å². The van der Waals surface area contributed by atoms with Crippen molar-refractivity contribution in [2.45, 2.75) is 0 Å². The lowest BCUT2D eigenvalue weighted by atomic mass is 11.5. The highest BCUT2D eigenvalue weighted by Crippen LogP contribution is 1.47. The molecule has 0 aliphatic rings. The number of hydrogen-bond donors (Lipinski definition) is 1. The quantitative estimate of drug-likeness (QED) is 0.149. The number of nitrogens with zero attached hydrogens (tertiary/aromatic N) is 3. The van der Waals surface area contributed by atoms with E-state index in [4.69, 9.17) is 5.53 Å². The topological polar surface area (TPSA) is 60.8 Å². The van der Waals surface area contributed by atoms with Crippen LogP contribution in [0.25, 0.3) is 10.4 Å². The van der Waals surface area contributed by atoms with E-state index in [1.54, 1.807) is 7.05 Å². The van der Waals surface area contributed by atoms with Crippen LogP contribution in [0.4, 0.5) is 0 Å². The van der Waals surface area contributed by atoms with Crippen LogP contribution >= 0.6 is 0 Å². The third-order valence-corrected chi connectivity index (χ3v) is 0.145. The first-order chi connectivity index (χ1) is 2.41. The summed E-state index contributed by atoms with van der Waals surface area (Å²) in [4.78, 5) is 2.37. The fourth-order valence-electron chi connectivity index (χ4n) is 0.0447. The lowest BCUT2D eigenvalue weighted by Gasteiger charge is -1.66. The number of azide groups is 1. The molecule has 0 heterocycles. The molecule has 0 fully saturated rings. The van der Waals surface area contributed by atoms with E-state index in [1.807, 2.05) is 0 Å². The van der Waals surface area contributed by atoms with Gasteiger partial charge in [0.05, 0.1) is 7.05 Å². The van der Waals surface area contributed by atoms with Crippen LogP contribution in [0.5, 0.6) is 0 Å². The number of hydrogen-bond acceptors (Lipinski definition) is 1. The molecule has 0 aliphatic carbocycles. The van der Waals surface area contributed by atoms with Gasteiger partial charge >= 0.3 is 0 Å². The molecule has 0 atom stereocenters. The summed E-state index contributed by atoms with van der Waals surface area (Å²) < 4.78 is 0. The monoisotopic (exact) mass is 104 g/mol. The second-order valence-corrected chi connectivity index (χ2v) is 0.413. The van der Waals surface area contributed by atoms with Gasteiger partial charge in [-0.25, -0.2) is 0 Å². The smallest absolute Gasteiger partial charge is 0.0751 e. The molecule has 5 heteroatoms.